The Kier molecular flexibility index (Phi) is 3.88. The fourth-order valence-corrected chi connectivity index (χ4v) is 2.32. The number of rotatable bonds is 3. The van der Waals surface area contributed by atoms with Gasteiger partial charge in [-0.3, -0.25) is 9.59 Å². The lowest BCUT2D eigenvalue weighted by Crippen LogP contribution is -2.26. The van der Waals surface area contributed by atoms with Crippen LogP contribution in [-0.4, -0.2) is 25.5 Å². The summed E-state index contributed by atoms with van der Waals surface area (Å²) < 4.78 is 4.70. The highest BCUT2D eigenvalue weighted by Crippen LogP contribution is 2.27. The zero-order valence-corrected chi connectivity index (χ0v) is 11.6. The van der Waals surface area contributed by atoms with Gasteiger partial charge in [0.05, 0.1) is 13.0 Å². The Labute approximate surface area is 113 Å². The number of benzene rings is 1. The van der Waals surface area contributed by atoms with Gasteiger partial charge in [-0.2, -0.15) is 0 Å². The van der Waals surface area contributed by atoms with E-state index in [1.54, 1.807) is 4.90 Å². The van der Waals surface area contributed by atoms with Crippen LogP contribution in [0.3, 0.4) is 0 Å². The largest absolute Gasteiger partial charge is 0.469 e. The van der Waals surface area contributed by atoms with E-state index in [4.69, 9.17) is 4.74 Å². The molecule has 0 aliphatic carbocycles. The average molecular weight is 261 g/mol. The molecule has 0 spiro atoms. The van der Waals surface area contributed by atoms with Crippen molar-refractivity contribution in [3.05, 3.63) is 29.8 Å². The van der Waals surface area contributed by atoms with Crippen molar-refractivity contribution in [2.75, 3.05) is 18.6 Å². The lowest BCUT2D eigenvalue weighted by atomic mass is 10.0. The first kappa shape index (κ1) is 13.6. The summed E-state index contributed by atoms with van der Waals surface area (Å²) in [5.41, 5.74) is 2.08. The standard InChI is InChI=1S/C15H19NO3/c1-10(2)11-4-6-13(7-5-11)16-9-12(8-14(16)17)15(18)19-3/h4-7,10,12H,8-9H2,1-3H3/t12-/m0/s1. The number of carbonyl (C=O) groups is 2. The predicted molar refractivity (Wildman–Crippen MR) is 73.0 cm³/mol. The van der Waals surface area contributed by atoms with Crippen LogP contribution in [0.4, 0.5) is 5.69 Å². The van der Waals surface area contributed by atoms with Crippen LogP contribution in [0, 0.1) is 5.92 Å². The normalized spacial score (nSPS) is 19.1. The second-order valence-corrected chi connectivity index (χ2v) is 5.17. The van der Waals surface area contributed by atoms with Crippen LogP contribution >= 0.6 is 0 Å². The third-order valence-electron chi connectivity index (χ3n) is 3.53. The van der Waals surface area contributed by atoms with Crippen LogP contribution in [0.5, 0.6) is 0 Å². The maximum atomic E-state index is 11.9. The lowest BCUT2D eigenvalue weighted by molar-refractivity contribution is -0.145. The maximum Gasteiger partial charge on any atom is 0.311 e. The molecule has 4 nitrogen and oxygen atoms in total. The van der Waals surface area contributed by atoms with Gasteiger partial charge >= 0.3 is 5.97 Å². The highest BCUT2D eigenvalue weighted by atomic mass is 16.5. The van der Waals surface area contributed by atoms with E-state index in [0.717, 1.165) is 5.69 Å². The Balaban J connectivity index is 2.14. The maximum absolute atomic E-state index is 11.9. The van der Waals surface area contributed by atoms with Crippen molar-refractivity contribution >= 4 is 17.6 Å². The van der Waals surface area contributed by atoms with Gasteiger partial charge in [-0.1, -0.05) is 26.0 Å². The van der Waals surface area contributed by atoms with Gasteiger partial charge in [-0.05, 0) is 23.6 Å². The molecule has 1 atom stereocenters. The SMILES string of the molecule is COC(=O)[C@H]1CC(=O)N(c2ccc(C(C)C)cc2)C1. The summed E-state index contributed by atoms with van der Waals surface area (Å²) in [6.07, 6.45) is 0.235. The molecule has 2 rings (SSSR count). The molecular weight excluding hydrogens is 242 g/mol. The molecule has 19 heavy (non-hydrogen) atoms. The first-order valence-electron chi connectivity index (χ1n) is 6.51. The molecule has 1 aliphatic heterocycles. The summed E-state index contributed by atoms with van der Waals surface area (Å²) in [5, 5.41) is 0. The van der Waals surface area contributed by atoms with E-state index in [9.17, 15) is 9.59 Å². The van der Waals surface area contributed by atoms with Gasteiger partial charge < -0.3 is 9.64 Å². The Morgan fingerprint density at radius 2 is 1.95 bits per heavy atom. The Bertz CT molecular complexity index is 479. The number of esters is 1. The first-order chi connectivity index (χ1) is 9.02. The average Bonchev–Trinajstić information content (AvgIpc) is 2.80. The van der Waals surface area contributed by atoms with Crippen LogP contribution < -0.4 is 4.90 Å². The minimum absolute atomic E-state index is 0.0207. The quantitative estimate of drug-likeness (QED) is 0.785. The van der Waals surface area contributed by atoms with Crippen LogP contribution in [-0.2, 0) is 14.3 Å². The molecule has 4 heteroatoms. The fourth-order valence-electron chi connectivity index (χ4n) is 2.32. The molecular formula is C15H19NO3. The van der Waals surface area contributed by atoms with Gasteiger partial charge in [0.25, 0.3) is 0 Å². The molecule has 0 radical (unpaired) electrons. The molecule has 1 fully saturated rings. The molecule has 102 valence electrons. The van der Waals surface area contributed by atoms with Gasteiger partial charge in [-0.15, -0.1) is 0 Å². The molecule has 1 amide bonds. The number of amides is 1. The number of hydrogen-bond donors (Lipinski definition) is 0. The summed E-state index contributed by atoms with van der Waals surface area (Å²) in [5.74, 6) is -0.212. The van der Waals surface area contributed by atoms with Crippen LogP contribution in [0.2, 0.25) is 0 Å². The number of carbonyl (C=O) groups excluding carboxylic acids is 2. The van der Waals surface area contributed by atoms with E-state index in [1.165, 1.54) is 12.7 Å². The van der Waals surface area contributed by atoms with Crippen molar-refractivity contribution in [1.82, 2.24) is 0 Å². The Hall–Kier alpha value is -1.84. The summed E-state index contributed by atoms with van der Waals surface area (Å²) >= 11 is 0. The predicted octanol–water partition coefficient (Wildman–Crippen LogP) is 2.34. The second kappa shape index (κ2) is 5.43. The fraction of sp³-hybridized carbons (Fsp3) is 0.467. The monoisotopic (exact) mass is 261 g/mol. The van der Waals surface area contributed by atoms with Crippen molar-refractivity contribution in [3.8, 4) is 0 Å². The zero-order valence-electron chi connectivity index (χ0n) is 11.6. The lowest BCUT2D eigenvalue weighted by Gasteiger charge is -2.17. The van der Waals surface area contributed by atoms with E-state index in [2.05, 4.69) is 13.8 Å². The topological polar surface area (TPSA) is 46.6 Å². The number of ether oxygens (including phenoxy) is 1. The number of hydrogen-bond acceptors (Lipinski definition) is 3. The van der Waals surface area contributed by atoms with Crippen molar-refractivity contribution in [3.63, 3.8) is 0 Å². The van der Waals surface area contributed by atoms with Crippen molar-refractivity contribution in [2.45, 2.75) is 26.2 Å². The Morgan fingerprint density at radius 1 is 1.32 bits per heavy atom. The molecule has 1 saturated heterocycles. The Morgan fingerprint density at radius 3 is 2.47 bits per heavy atom. The number of methoxy groups -OCH3 is 1. The van der Waals surface area contributed by atoms with Gasteiger partial charge in [0.2, 0.25) is 5.91 Å². The third kappa shape index (κ3) is 2.78. The minimum Gasteiger partial charge on any atom is -0.469 e. The molecule has 0 unspecified atom stereocenters. The van der Waals surface area contributed by atoms with E-state index in [1.807, 2.05) is 24.3 Å². The van der Waals surface area contributed by atoms with Crippen LogP contribution in [0.15, 0.2) is 24.3 Å². The van der Waals surface area contributed by atoms with E-state index < -0.39 is 0 Å². The van der Waals surface area contributed by atoms with E-state index >= 15 is 0 Å². The molecule has 0 bridgehead atoms. The van der Waals surface area contributed by atoms with Gasteiger partial charge in [0, 0.05) is 18.7 Å². The second-order valence-electron chi connectivity index (χ2n) is 5.17. The summed E-state index contributed by atoms with van der Waals surface area (Å²) in [7, 11) is 1.35. The molecule has 0 aromatic heterocycles. The molecule has 1 aliphatic rings. The van der Waals surface area contributed by atoms with Crippen molar-refractivity contribution in [2.24, 2.45) is 5.92 Å². The van der Waals surface area contributed by atoms with Gasteiger partial charge in [-0.25, -0.2) is 0 Å². The third-order valence-corrected chi connectivity index (χ3v) is 3.53. The van der Waals surface area contributed by atoms with Gasteiger partial charge in [0.15, 0.2) is 0 Å². The van der Waals surface area contributed by atoms with Crippen molar-refractivity contribution in [1.29, 1.82) is 0 Å². The van der Waals surface area contributed by atoms with Crippen molar-refractivity contribution < 1.29 is 14.3 Å². The highest BCUT2D eigenvalue weighted by molar-refractivity contribution is 5.99. The summed E-state index contributed by atoms with van der Waals surface area (Å²) in [4.78, 5) is 25.1. The summed E-state index contributed by atoms with van der Waals surface area (Å²) in [6, 6.07) is 7.93. The smallest absolute Gasteiger partial charge is 0.311 e. The minimum atomic E-state index is -0.345. The molecule has 1 aromatic rings. The molecule has 1 aromatic carbocycles. The number of nitrogens with zero attached hydrogens (tertiary/aromatic N) is 1. The number of anilines is 1. The van der Waals surface area contributed by atoms with Gasteiger partial charge in [0.1, 0.15) is 0 Å². The molecule has 0 N–H and O–H groups in total. The molecule has 1 heterocycles. The molecule has 0 saturated carbocycles. The summed E-state index contributed by atoms with van der Waals surface area (Å²) in [6.45, 7) is 4.67. The zero-order chi connectivity index (χ0) is 14.0. The van der Waals surface area contributed by atoms with E-state index in [-0.39, 0.29) is 24.2 Å². The highest BCUT2D eigenvalue weighted by Gasteiger charge is 2.35. The van der Waals surface area contributed by atoms with Crippen LogP contribution in [0.1, 0.15) is 31.7 Å². The van der Waals surface area contributed by atoms with E-state index in [0.29, 0.717) is 12.5 Å². The van der Waals surface area contributed by atoms with Crippen LogP contribution in [0.25, 0.3) is 0 Å². The first-order valence-corrected chi connectivity index (χ1v) is 6.51.